The molecule has 168 valence electrons. The molecular formula is C24H32FIN4S. The Labute approximate surface area is 203 Å². The second kappa shape index (κ2) is 10.3. The van der Waals surface area contributed by atoms with Crippen LogP contribution in [0.4, 0.5) is 4.39 Å². The molecule has 3 heterocycles. The summed E-state index contributed by atoms with van der Waals surface area (Å²) in [5.74, 6) is 0.573. The average molecular weight is 555 g/mol. The Morgan fingerprint density at radius 2 is 1.97 bits per heavy atom. The largest absolute Gasteiger partial charge is 0.336 e. The van der Waals surface area contributed by atoms with Crippen molar-refractivity contribution >= 4 is 46.6 Å². The van der Waals surface area contributed by atoms with Gasteiger partial charge >= 0.3 is 0 Å². The van der Waals surface area contributed by atoms with Crippen LogP contribution in [0.15, 0.2) is 56.0 Å². The third-order valence-electron chi connectivity index (χ3n) is 6.66. The summed E-state index contributed by atoms with van der Waals surface area (Å²) in [5.41, 5.74) is 5.23. The fourth-order valence-corrected chi connectivity index (χ4v) is 6.45. The molecule has 31 heavy (non-hydrogen) atoms. The van der Waals surface area contributed by atoms with Gasteiger partial charge in [0.1, 0.15) is 6.34 Å². The van der Waals surface area contributed by atoms with Gasteiger partial charge in [0.05, 0.1) is 6.04 Å². The zero-order valence-corrected chi connectivity index (χ0v) is 21.6. The molecule has 3 aliphatic heterocycles. The third kappa shape index (κ3) is 5.71. The van der Waals surface area contributed by atoms with Crippen molar-refractivity contribution in [3.63, 3.8) is 0 Å². The molecule has 0 amide bonds. The van der Waals surface area contributed by atoms with Gasteiger partial charge in [-0.25, -0.2) is 13.7 Å². The first-order valence-corrected chi connectivity index (χ1v) is 13.3. The van der Waals surface area contributed by atoms with Crippen molar-refractivity contribution in [1.29, 1.82) is 0 Å². The number of rotatable bonds is 4. The van der Waals surface area contributed by atoms with Crippen molar-refractivity contribution in [2.45, 2.75) is 69.3 Å². The van der Waals surface area contributed by atoms with E-state index >= 15 is 0 Å². The zero-order valence-electron chi connectivity index (χ0n) is 18.6. The predicted molar refractivity (Wildman–Crippen MR) is 139 cm³/mol. The molecule has 7 heteroatoms. The Bertz CT molecular complexity index is 865. The lowest BCUT2D eigenvalue weighted by Gasteiger charge is -2.34. The number of hydrogen-bond acceptors (Lipinski definition) is 5. The third-order valence-corrected chi connectivity index (χ3v) is 8.55. The molecule has 0 radical (unpaired) electrons. The molecule has 4 aliphatic rings. The summed E-state index contributed by atoms with van der Waals surface area (Å²) in [4.78, 5) is 12.2. The summed E-state index contributed by atoms with van der Waals surface area (Å²) < 4.78 is 15.6. The molecule has 3 atom stereocenters. The number of allylic oxidation sites excluding steroid dienone is 4. The van der Waals surface area contributed by atoms with Crippen LogP contribution in [0.1, 0.15) is 52.9 Å². The van der Waals surface area contributed by atoms with E-state index < -0.39 is 4.30 Å². The van der Waals surface area contributed by atoms with E-state index in [9.17, 15) is 4.39 Å². The van der Waals surface area contributed by atoms with Gasteiger partial charge in [-0.2, -0.15) is 0 Å². The van der Waals surface area contributed by atoms with Crippen LogP contribution in [0.5, 0.6) is 0 Å². The van der Waals surface area contributed by atoms with Crippen LogP contribution in [0, 0.1) is 5.92 Å². The maximum atomic E-state index is 14.1. The van der Waals surface area contributed by atoms with E-state index in [1.165, 1.54) is 21.6 Å². The van der Waals surface area contributed by atoms with Crippen molar-refractivity contribution in [2.24, 2.45) is 15.9 Å². The van der Waals surface area contributed by atoms with Crippen molar-refractivity contribution in [3.05, 3.63) is 46.1 Å². The highest BCUT2D eigenvalue weighted by molar-refractivity contribution is 14.1. The number of nitrogens with zero attached hydrogens (tertiary/aromatic N) is 4. The van der Waals surface area contributed by atoms with Crippen LogP contribution in [0.25, 0.3) is 0 Å². The quantitative estimate of drug-likeness (QED) is 0.174. The molecule has 4 rings (SSSR count). The molecule has 0 spiro atoms. The van der Waals surface area contributed by atoms with Gasteiger partial charge < -0.3 is 4.90 Å². The first kappa shape index (κ1) is 23.2. The molecule has 0 saturated carbocycles. The highest BCUT2D eigenvalue weighted by atomic mass is 127. The maximum absolute atomic E-state index is 14.1. The standard InChI is InChI=1S/C24H32FIN4S/c1-16-4-5-18(3)30(24(25)26)14-23(16)31-29-10-8-19(9-11-29)22-13-21-7-6-20(12-17(22)2)27-15-28-21/h4,12-15,18-19,21,24H,5-11H2,1-3H3/b17-12-,22-13+. The topological polar surface area (TPSA) is 31.2 Å². The monoisotopic (exact) mass is 554 g/mol. The van der Waals surface area contributed by atoms with E-state index in [2.05, 4.69) is 53.3 Å². The Morgan fingerprint density at radius 3 is 2.71 bits per heavy atom. The maximum Gasteiger partial charge on any atom is 0.223 e. The van der Waals surface area contributed by atoms with Crippen molar-refractivity contribution in [3.8, 4) is 0 Å². The van der Waals surface area contributed by atoms with Gasteiger partial charge in [0.15, 0.2) is 0 Å². The molecule has 2 bridgehead atoms. The van der Waals surface area contributed by atoms with Crippen LogP contribution in [-0.4, -0.2) is 50.7 Å². The van der Waals surface area contributed by atoms with Crippen LogP contribution >= 0.6 is 34.5 Å². The van der Waals surface area contributed by atoms with Gasteiger partial charge in [0, 0.05) is 35.9 Å². The smallest absolute Gasteiger partial charge is 0.223 e. The fraction of sp³-hybridized carbons (Fsp3) is 0.583. The molecule has 1 saturated heterocycles. The molecule has 0 aromatic heterocycles. The Morgan fingerprint density at radius 1 is 1.19 bits per heavy atom. The van der Waals surface area contributed by atoms with Gasteiger partial charge in [-0.1, -0.05) is 12.2 Å². The Kier molecular flexibility index (Phi) is 7.75. The van der Waals surface area contributed by atoms with E-state index in [-0.39, 0.29) is 12.1 Å². The molecule has 1 fully saturated rings. The van der Waals surface area contributed by atoms with E-state index in [0.29, 0.717) is 5.92 Å². The van der Waals surface area contributed by atoms with Crippen LogP contribution < -0.4 is 0 Å². The van der Waals surface area contributed by atoms with Gasteiger partial charge in [0.25, 0.3) is 0 Å². The first-order valence-electron chi connectivity index (χ1n) is 11.3. The number of halogens is 2. The van der Waals surface area contributed by atoms with Gasteiger partial charge in [-0.05, 0) is 116 Å². The van der Waals surface area contributed by atoms with Gasteiger partial charge in [-0.15, -0.1) is 0 Å². The highest BCUT2D eigenvalue weighted by Crippen LogP contribution is 2.38. The lowest BCUT2D eigenvalue weighted by atomic mass is 9.83. The minimum atomic E-state index is -0.999. The predicted octanol–water partition coefficient (Wildman–Crippen LogP) is 6.43. The fourth-order valence-electron chi connectivity index (χ4n) is 4.67. The Balaban J connectivity index is 1.43. The first-order chi connectivity index (χ1) is 14.9. The summed E-state index contributed by atoms with van der Waals surface area (Å²) in [6.07, 6.45) is 15.9. The molecule has 3 unspecified atom stereocenters. The summed E-state index contributed by atoms with van der Waals surface area (Å²) in [6, 6.07) is 0.435. The lowest BCUT2D eigenvalue weighted by molar-refractivity contribution is 0.187. The summed E-state index contributed by atoms with van der Waals surface area (Å²) >= 11 is 3.66. The van der Waals surface area contributed by atoms with Gasteiger partial charge in [0.2, 0.25) is 4.30 Å². The average Bonchev–Trinajstić information content (AvgIpc) is 3.00. The van der Waals surface area contributed by atoms with Gasteiger partial charge in [-0.3, -0.25) is 4.99 Å². The molecular weight excluding hydrogens is 522 g/mol. The highest BCUT2D eigenvalue weighted by Gasteiger charge is 2.28. The molecule has 0 aromatic carbocycles. The molecule has 0 aromatic rings. The lowest BCUT2D eigenvalue weighted by Crippen LogP contribution is -2.32. The Hall–Kier alpha value is -0.930. The number of piperidine rings is 1. The normalized spacial score (nSPS) is 32.4. The molecule has 4 nitrogen and oxygen atoms in total. The van der Waals surface area contributed by atoms with Crippen LogP contribution in [0.2, 0.25) is 0 Å². The summed E-state index contributed by atoms with van der Waals surface area (Å²) in [7, 11) is 0. The van der Waals surface area contributed by atoms with Crippen molar-refractivity contribution < 1.29 is 4.39 Å². The second-order valence-electron chi connectivity index (χ2n) is 8.93. The second-order valence-corrected chi connectivity index (χ2v) is 11.1. The van der Waals surface area contributed by atoms with Crippen molar-refractivity contribution in [2.75, 3.05) is 13.1 Å². The van der Waals surface area contributed by atoms with E-state index in [1.807, 2.05) is 33.7 Å². The minimum Gasteiger partial charge on any atom is -0.336 e. The number of aliphatic imine (C=N–C) groups is 2. The number of alkyl halides is 2. The van der Waals surface area contributed by atoms with Crippen LogP contribution in [0.3, 0.4) is 0 Å². The molecule has 1 aliphatic carbocycles. The van der Waals surface area contributed by atoms with E-state index in [0.717, 1.165) is 50.9 Å². The number of fused-ring (bicyclic) bond motifs is 3. The minimum absolute atomic E-state index is 0.179. The van der Waals surface area contributed by atoms with Crippen LogP contribution in [-0.2, 0) is 0 Å². The van der Waals surface area contributed by atoms with E-state index in [4.69, 9.17) is 0 Å². The number of hydrogen-bond donors (Lipinski definition) is 0. The van der Waals surface area contributed by atoms with E-state index in [1.54, 1.807) is 18.3 Å². The van der Waals surface area contributed by atoms with Crippen molar-refractivity contribution in [1.82, 2.24) is 9.21 Å². The SMILES string of the molecule is CC1=CCC(C)N(C(F)I)C=C1SN1CCC(C2=C/C3CCC(=NC=N3)/C=C\2C)CC1. The summed E-state index contributed by atoms with van der Waals surface area (Å²) in [5, 5.41) is 0. The summed E-state index contributed by atoms with van der Waals surface area (Å²) in [6.45, 7) is 8.55. The zero-order chi connectivity index (χ0) is 22.0. The molecule has 0 N–H and O–H groups in total.